The molecule has 3 rings (SSSR count). The number of fused-ring (bicyclic) bond motifs is 1. The number of carbonyl (C=O) groups excluding carboxylic acids is 2. The lowest BCUT2D eigenvalue weighted by molar-refractivity contribution is -0.172. The molecule has 3 aliphatic rings. The highest BCUT2D eigenvalue weighted by atomic mass is 16.7. The second-order valence-electron chi connectivity index (χ2n) is 7.17. The van der Waals surface area contributed by atoms with Crippen molar-refractivity contribution in [3.05, 3.63) is 0 Å². The molecule has 2 aliphatic heterocycles. The summed E-state index contributed by atoms with van der Waals surface area (Å²) in [5.41, 5.74) is 0. The summed E-state index contributed by atoms with van der Waals surface area (Å²) >= 11 is 0. The lowest BCUT2D eigenvalue weighted by atomic mass is 9.86. The van der Waals surface area contributed by atoms with Gasteiger partial charge in [-0.2, -0.15) is 0 Å². The van der Waals surface area contributed by atoms with Gasteiger partial charge in [0.2, 0.25) is 0 Å². The summed E-state index contributed by atoms with van der Waals surface area (Å²) in [7, 11) is 0. The van der Waals surface area contributed by atoms with Crippen LogP contribution in [0.25, 0.3) is 0 Å². The Kier molecular flexibility index (Phi) is 5.76. The van der Waals surface area contributed by atoms with Crippen molar-refractivity contribution in [1.29, 1.82) is 0 Å². The monoisotopic (exact) mass is 340 g/mol. The zero-order valence-electron chi connectivity index (χ0n) is 14.4. The molecule has 6 nitrogen and oxygen atoms in total. The Bertz CT molecular complexity index is 445. The van der Waals surface area contributed by atoms with E-state index in [-0.39, 0.29) is 30.0 Å². The summed E-state index contributed by atoms with van der Waals surface area (Å²) in [5, 5.41) is 0. The molecule has 0 N–H and O–H groups in total. The normalized spacial score (nSPS) is 34.1. The van der Waals surface area contributed by atoms with Crippen LogP contribution in [0, 0.1) is 11.8 Å². The number of esters is 1. The molecule has 1 saturated carbocycles. The molecule has 0 aromatic carbocycles. The average Bonchev–Trinajstić information content (AvgIpc) is 3.22. The first-order valence-corrected chi connectivity index (χ1v) is 9.24. The third-order valence-electron chi connectivity index (χ3n) is 5.72. The maximum atomic E-state index is 11.6. The molecule has 0 radical (unpaired) electrons. The number of hydrogen-bond acceptors (Lipinski definition) is 6. The zero-order chi connectivity index (χ0) is 17.0. The van der Waals surface area contributed by atoms with Gasteiger partial charge in [0.15, 0.2) is 5.79 Å². The van der Waals surface area contributed by atoms with E-state index in [1.54, 1.807) is 0 Å². The number of rotatable bonds is 9. The van der Waals surface area contributed by atoms with E-state index in [1.165, 1.54) is 6.42 Å². The van der Waals surface area contributed by atoms with E-state index in [0.717, 1.165) is 32.1 Å². The molecular weight excluding hydrogens is 312 g/mol. The molecule has 1 unspecified atom stereocenters. The van der Waals surface area contributed by atoms with Crippen molar-refractivity contribution < 1.29 is 28.5 Å². The lowest BCUT2D eigenvalue weighted by Crippen LogP contribution is -2.33. The molecular formula is C18H28O6. The van der Waals surface area contributed by atoms with Gasteiger partial charge in [0, 0.05) is 31.1 Å². The number of ether oxygens (including phenoxy) is 4. The standard InChI is InChI=1S/C18H28O6/c1-2-3-4-6-18(22-8-9-23-18)7-5-13-14-10-17(20)24-16(14)11-15(13)21-12-19/h12-16H,2-11H2,1H3/t13-,14-,15+,16?/m1/s1. The zero-order valence-corrected chi connectivity index (χ0v) is 14.4. The second kappa shape index (κ2) is 7.83. The fourth-order valence-corrected chi connectivity index (χ4v) is 4.53. The summed E-state index contributed by atoms with van der Waals surface area (Å²) in [5.74, 6) is -0.341. The topological polar surface area (TPSA) is 71.1 Å². The first-order chi connectivity index (χ1) is 11.7. The predicted molar refractivity (Wildman–Crippen MR) is 85.0 cm³/mol. The second-order valence-corrected chi connectivity index (χ2v) is 7.17. The molecule has 0 bridgehead atoms. The maximum absolute atomic E-state index is 11.6. The maximum Gasteiger partial charge on any atom is 0.306 e. The third-order valence-corrected chi connectivity index (χ3v) is 5.72. The van der Waals surface area contributed by atoms with Gasteiger partial charge in [-0.05, 0) is 12.8 Å². The number of unbranched alkanes of at least 4 members (excludes halogenated alkanes) is 2. The summed E-state index contributed by atoms with van der Waals surface area (Å²) in [6, 6.07) is 0. The molecule has 0 amide bonds. The molecule has 4 atom stereocenters. The van der Waals surface area contributed by atoms with Gasteiger partial charge in [-0.1, -0.05) is 19.8 Å². The first-order valence-electron chi connectivity index (χ1n) is 9.24. The van der Waals surface area contributed by atoms with Gasteiger partial charge >= 0.3 is 5.97 Å². The smallest absolute Gasteiger partial charge is 0.306 e. The molecule has 0 spiro atoms. The van der Waals surface area contributed by atoms with Crippen molar-refractivity contribution in [2.45, 2.75) is 76.3 Å². The van der Waals surface area contributed by atoms with Crippen LogP contribution in [0.15, 0.2) is 0 Å². The average molecular weight is 340 g/mol. The van der Waals surface area contributed by atoms with Crippen LogP contribution in [0.5, 0.6) is 0 Å². The Morgan fingerprint density at radius 1 is 1.25 bits per heavy atom. The minimum atomic E-state index is -0.498. The summed E-state index contributed by atoms with van der Waals surface area (Å²) in [4.78, 5) is 22.4. The highest BCUT2D eigenvalue weighted by Crippen LogP contribution is 2.46. The highest BCUT2D eigenvalue weighted by molar-refractivity contribution is 5.72. The molecule has 6 heteroatoms. The van der Waals surface area contributed by atoms with Gasteiger partial charge in [-0.15, -0.1) is 0 Å². The van der Waals surface area contributed by atoms with Crippen molar-refractivity contribution >= 4 is 12.4 Å². The lowest BCUT2D eigenvalue weighted by Gasteiger charge is -2.30. The van der Waals surface area contributed by atoms with Crippen molar-refractivity contribution in [2.75, 3.05) is 13.2 Å². The van der Waals surface area contributed by atoms with E-state index >= 15 is 0 Å². The van der Waals surface area contributed by atoms with Crippen LogP contribution in [-0.2, 0) is 28.5 Å². The highest BCUT2D eigenvalue weighted by Gasteiger charge is 2.51. The minimum Gasteiger partial charge on any atom is -0.464 e. The van der Waals surface area contributed by atoms with Gasteiger partial charge in [0.1, 0.15) is 12.2 Å². The SMILES string of the molecule is CCCCCC1(CC[C@H]2[C@@H](OC=O)CC3OC(=O)C[C@@H]32)OCCO1. The molecule has 2 saturated heterocycles. The minimum absolute atomic E-state index is 0.103. The van der Waals surface area contributed by atoms with Crippen LogP contribution in [0.2, 0.25) is 0 Å². The fourth-order valence-electron chi connectivity index (χ4n) is 4.53. The Labute approximate surface area is 143 Å². The van der Waals surface area contributed by atoms with Gasteiger partial charge in [-0.25, -0.2) is 0 Å². The Hall–Kier alpha value is -1.14. The number of hydrogen-bond donors (Lipinski definition) is 0. The number of carbonyl (C=O) groups is 2. The molecule has 1 aliphatic carbocycles. The van der Waals surface area contributed by atoms with Crippen LogP contribution in [0.4, 0.5) is 0 Å². The van der Waals surface area contributed by atoms with Gasteiger partial charge in [-0.3, -0.25) is 9.59 Å². The van der Waals surface area contributed by atoms with Crippen LogP contribution < -0.4 is 0 Å². The van der Waals surface area contributed by atoms with E-state index in [2.05, 4.69) is 6.92 Å². The van der Waals surface area contributed by atoms with E-state index in [4.69, 9.17) is 18.9 Å². The molecule has 24 heavy (non-hydrogen) atoms. The van der Waals surface area contributed by atoms with Gasteiger partial charge in [0.05, 0.1) is 19.6 Å². The van der Waals surface area contributed by atoms with Crippen molar-refractivity contribution in [1.82, 2.24) is 0 Å². The van der Waals surface area contributed by atoms with E-state index in [0.29, 0.717) is 32.5 Å². The molecule has 136 valence electrons. The van der Waals surface area contributed by atoms with Crippen molar-refractivity contribution in [2.24, 2.45) is 11.8 Å². The molecule has 2 heterocycles. The quantitative estimate of drug-likeness (QED) is 0.365. The Morgan fingerprint density at radius 2 is 2.04 bits per heavy atom. The van der Waals surface area contributed by atoms with Crippen molar-refractivity contribution in [3.8, 4) is 0 Å². The molecule has 0 aromatic heterocycles. The van der Waals surface area contributed by atoms with Gasteiger partial charge < -0.3 is 18.9 Å². The van der Waals surface area contributed by atoms with E-state index in [9.17, 15) is 9.59 Å². The van der Waals surface area contributed by atoms with E-state index in [1.807, 2.05) is 0 Å². The Balaban J connectivity index is 1.61. The van der Waals surface area contributed by atoms with Crippen LogP contribution in [0.3, 0.4) is 0 Å². The van der Waals surface area contributed by atoms with Crippen molar-refractivity contribution in [3.63, 3.8) is 0 Å². The first kappa shape index (κ1) is 17.7. The van der Waals surface area contributed by atoms with Gasteiger partial charge in [0.25, 0.3) is 6.47 Å². The molecule has 0 aromatic rings. The third kappa shape index (κ3) is 3.75. The van der Waals surface area contributed by atoms with Crippen LogP contribution in [0.1, 0.15) is 58.3 Å². The summed E-state index contributed by atoms with van der Waals surface area (Å²) in [6.07, 6.45) is 6.69. The Morgan fingerprint density at radius 3 is 2.75 bits per heavy atom. The largest absolute Gasteiger partial charge is 0.464 e. The summed E-state index contributed by atoms with van der Waals surface area (Å²) in [6.45, 7) is 3.97. The fraction of sp³-hybridized carbons (Fsp3) is 0.889. The van der Waals surface area contributed by atoms with Crippen LogP contribution >= 0.6 is 0 Å². The predicted octanol–water partition coefficient (Wildman–Crippen LogP) is 2.58. The van der Waals surface area contributed by atoms with Crippen LogP contribution in [-0.4, -0.2) is 43.7 Å². The van der Waals surface area contributed by atoms with E-state index < -0.39 is 5.79 Å². The summed E-state index contributed by atoms with van der Waals surface area (Å²) < 4.78 is 22.5. The molecule has 3 fully saturated rings.